The number of carbonyl (C=O) groups excluding carboxylic acids is 7. The highest BCUT2D eigenvalue weighted by Crippen LogP contribution is 2.47. The number of nitrogens with two attached hydrogens (primary N) is 1. The van der Waals surface area contributed by atoms with Gasteiger partial charge >= 0.3 is 24.2 Å². The third-order valence-electron chi connectivity index (χ3n) is 16.0. The number of alkyl carbamates (subject to hydrolysis) is 2. The zero-order chi connectivity index (χ0) is 64.9. The summed E-state index contributed by atoms with van der Waals surface area (Å²) in [6, 6.07) is 23.8. The van der Waals surface area contributed by atoms with Crippen LogP contribution in [0.4, 0.5) is 24.5 Å². The number of carbonyl (C=O) groups is 7. The molecule has 6 aromatic rings. The van der Waals surface area contributed by atoms with Gasteiger partial charge in [-0.1, -0.05) is 82.3 Å². The molecule has 4 heterocycles. The number of aromatic nitrogens is 2. The number of nitrogens with zero attached hydrogens (tertiary/aromatic N) is 3. The molecular formula is C67H82FN9O12. The highest BCUT2D eigenvalue weighted by Gasteiger charge is 2.38. The van der Waals surface area contributed by atoms with E-state index in [1.807, 2.05) is 84.0 Å². The first-order chi connectivity index (χ1) is 42.6. The molecule has 474 valence electrons. The predicted molar refractivity (Wildman–Crippen MR) is 336 cm³/mol. The number of pyridine rings is 2. The maximum Gasteiger partial charge on any atom is 0.409 e. The number of anilines is 1. The molecule has 22 heteroatoms. The smallest absolute Gasteiger partial charge is 0.409 e. The fraction of sp³-hybridized carbons (Fsp3) is 0.418. The monoisotopic (exact) mass is 1220 g/mol. The summed E-state index contributed by atoms with van der Waals surface area (Å²) in [6.07, 6.45) is 1.78. The summed E-state index contributed by atoms with van der Waals surface area (Å²) < 4.78 is 39.4. The molecule has 1 unspecified atom stereocenters. The van der Waals surface area contributed by atoms with Crippen LogP contribution < -0.4 is 37.9 Å². The molecule has 4 aliphatic rings. The van der Waals surface area contributed by atoms with Crippen molar-refractivity contribution in [2.24, 2.45) is 11.7 Å². The maximum absolute atomic E-state index is 15.5. The van der Waals surface area contributed by atoms with Crippen molar-refractivity contribution >= 4 is 59.6 Å². The molecule has 0 bridgehead atoms. The van der Waals surface area contributed by atoms with Gasteiger partial charge in [0.25, 0.3) is 5.56 Å². The molecule has 10 rings (SSSR count). The lowest BCUT2D eigenvalue weighted by Gasteiger charge is -2.29. The molecular weight excluding hydrogens is 1140 g/mol. The fourth-order valence-electron chi connectivity index (χ4n) is 11.3. The van der Waals surface area contributed by atoms with Gasteiger partial charge in [0.1, 0.15) is 31.2 Å². The van der Waals surface area contributed by atoms with Gasteiger partial charge in [0, 0.05) is 54.8 Å². The molecule has 3 atom stereocenters. The minimum absolute atomic E-state index is 0.0202. The van der Waals surface area contributed by atoms with E-state index in [0.717, 1.165) is 46.3 Å². The summed E-state index contributed by atoms with van der Waals surface area (Å²) in [7, 11) is 3.09. The fourth-order valence-corrected chi connectivity index (χ4v) is 11.3. The van der Waals surface area contributed by atoms with Crippen molar-refractivity contribution in [3.63, 3.8) is 0 Å². The highest BCUT2D eigenvalue weighted by molar-refractivity contribution is 5.94. The van der Waals surface area contributed by atoms with Gasteiger partial charge in [0.15, 0.2) is 0 Å². The summed E-state index contributed by atoms with van der Waals surface area (Å²) >= 11 is 0. The van der Waals surface area contributed by atoms with E-state index in [0.29, 0.717) is 99.4 Å². The third-order valence-corrected chi connectivity index (χ3v) is 16.0. The number of fused-ring (bicyclic) bond motifs is 8. The van der Waals surface area contributed by atoms with E-state index in [1.54, 1.807) is 36.7 Å². The lowest BCUT2D eigenvalue weighted by Crippen LogP contribution is -2.39. The molecule has 0 radical (unpaired) electrons. The Hall–Kier alpha value is -9.18. The number of hydrogen-bond acceptors (Lipinski definition) is 14. The molecule has 4 aromatic carbocycles. The van der Waals surface area contributed by atoms with E-state index in [1.165, 1.54) is 18.0 Å². The first kappa shape index (κ1) is 67.3. The van der Waals surface area contributed by atoms with E-state index < -0.39 is 47.4 Å². The summed E-state index contributed by atoms with van der Waals surface area (Å²) in [5.41, 5.74) is 14.8. The van der Waals surface area contributed by atoms with Crippen LogP contribution in [0, 0.1) is 18.7 Å². The average molecular weight is 1220 g/mol. The molecule has 89 heavy (non-hydrogen) atoms. The summed E-state index contributed by atoms with van der Waals surface area (Å²) in [6.45, 7) is 17.7. The van der Waals surface area contributed by atoms with E-state index in [-0.39, 0.29) is 63.1 Å². The number of esters is 1. The summed E-state index contributed by atoms with van der Waals surface area (Å²) in [5, 5.41) is 14.1. The summed E-state index contributed by atoms with van der Waals surface area (Å²) in [5.74, 6) is -1.60. The third kappa shape index (κ3) is 15.8. The van der Waals surface area contributed by atoms with Gasteiger partial charge in [-0.3, -0.25) is 24.0 Å². The second-order valence-corrected chi connectivity index (χ2v) is 23.4. The van der Waals surface area contributed by atoms with E-state index in [2.05, 4.69) is 58.3 Å². The largest absolute Gasteiger partial charge is 0.460 e. The number of halogens is 1. The quantitative estimate of drug-likeness (QED) is 0.0214. The van der Waals surface area contributed by atoms with Gasteiger partial charge in [-0.2, -0.15) is 0 Å². The van der Waals surface area contributed by atoms with Crippen LogP contribution in [-0.2, 0) is 70.8 Å². The van der Waals surface area contributed by atoms with E-state index in [4.69, 9.17) is 23.9 Å². The zero-order valence-electron chi connectivity index (χ0n) is 52.5. The lowest BCUT2D eigenvalue weighted by atomic mass is 9.81. The van der Waals surface area contributed by atoms with Gasteiger partial charge in [-0.25, -0.2) is 23.8 Å². The molecule has 0 saturated carbocycles. The van der Waals surface area contributed by atoms with Crippen molar-refractivity contribution < 1.29 is 56.9 Å². The first-order valence-electron chi connectivity index (χ1n) is 30.0. The molecule has 21 nitrogen and oxygen atoms in total. The standard InChI is InChI=1S/C52H47FN6O9.C10H21NO2.C4H9NO.CH5N/c1-4-31-37-18-44-48-38(22-59(44)49(62)40(37)25-66-50(31)63)47-42(16-15-32-27(2)41(53)19-43(56-48)46(32)47)57-51(64)67-23-28-13-14-30(55-45(61)20-54-26-60)17-29(28)21-58(3)52(65)68-24-39-35-11-7-5-9-33(35)34-10-6-8-12-36(34)39;1-7(2)8(3)11-9(12)13-10(4,5)6;1-2-3-5-4-6;1-2/h5-14,17-19,26,31,39,42H,4,15-16,20-25H2,1-3H3,(H,54,60)(H,55,61)(H,57,64);7-8H,1-6H3,(H,11,12);4H,2-3H2,1H3,(H,5,6);2H2,1H3/t31-,42+;;;/m1.../s1. The van der Waals surface area contributed by atoms with Crippen molar-refractivity contribution in [1.29, 1.82) is 0 Å². The Morgan fingerprint density at radius 3 is 2.15 bits per heavy atom. The minimum Gasteiger partial charge on any atom is -0.460 e. The van der Waals surface area contributed by atoms with Crippen molar-refractivity contribution in [1.82, 2.24) is 35.7 Å². The van der Waals surface area contributed by atoms with Crippen LogP contribution in [0.25, 0.3) is 33.4 Å². The van der Waals surface area contributed by atoms with Gasteiger partial charge in [0.2, 0.25) is 18.7 Å². The molecule has 0 fully saturated rings. The Bertz CT molecular complexity index is 3630. The number of cyclic esters (lactones) is 1. The number of nitrogens with one attached hydrogen (secondary N) is 5. The number of rotatable bonds is 17. The van der Waals surface area contributed by atoms with E-state index in [9.17, 15) is 38.4 Å². The predicted octanol–water partition coefficient (Wildman–Crippen LogP) is 9.68. The molecule has 6 amide bonds. The molecule has 2 aliphatic carbocycles. The number of ether oxygens (including phenoxy) is 4. The van der Waals surface area contributed by atoms with Crippen molar-refractivity contribution in [3.8, 4) is 22.5 Å². The van der Waals surface area contributed by atoms with E-state index >= 15 is 4.39 Å². The minimum atomic E-state index is -0.742. The number of benzene rings is 4. The number of hydrogen-bond donors (Lipinski definition) is 6. The molecule has 2 aromatic heterocycles. The van der Waals surface area contributed by atoms with Gasteiger partial charge < -0.3 is 60.7 Å². The van der Waals surface area contributed by atoms with Gasteiger partial charge in [0.05, 0.1) is 47.5 Å². The first-order valence-corrected chi connectivity index (χ1v) is 30.0. The molecule has 7 N–H and O–H groups in total. The van der Waals surface area contributed by atoms with Crippen LogP contribution >= 0.6 is 0 Å². The molecule has 0 spiro atoms. The van der Waals surface area contributed by atoms with Crippen molar-refractivity contribution in [3.05, 3.63) is 151 Å². The van der Waals surface area contributed by atoms with Gasteiger partial charge in [-0.15, -0.1) is 0 Å². The summed E-state index contributed by atoms with van der Waals surface area (Å²) in [4.78, 5) is 105. The normalized spacial score (nSPS) is 14.9. The average Bonchev–Trinajstić information content (AvgIpc) is 1.69. The van der Waals surface area contributed by atoms with Crippen molar-refractivity contribution in [2.75, 3.05) is 39.1 Å². The number of aryl methyl sites for hydroxylation is 1. The lowest BCUT2D eigenvalue weighted by molar-refractivity contribution is -0.148. The van der Waals surface area contributed by atoms with Crippen LogP contribution in [0.5, 0.6) is 0 Å². The van der Waals surface area contributed by atoms with Crippen LogP contribution in [0.3, 0.4) is 0 Å². The Morgan fingerprint density at radius 2 is 1.53 bits per heavy atom. The van der Waals surface area contributed by atoms with Crippen LogP contribution in [0.15, 0.2) is 83.7 Å². The number of amides is 6. The Kier molecular flexibility index (Phi) is 22.8. The van der Waals surface area contributed by atoms with Crippen LogP contribution in [0.1, 0.15) is 148 Å². The zero-order valence-corrected chi connectivity index (χ0v) is 52.5. The highest BCUT2D eigenvalue weighted by atomic mass is 19.1. The van der Waals surface area contributed by atoms with Crippen LogP contribution in [-0.4, -0.2) is 103 Å². The van der Waals surface area contributed by atoms with Crippen LogP contribution in [0.2, 0.25) is 0 Å². The SMILES string of the molecule is CC(C)C(C)NC(=O)OC(C)(C)C.CCCNC=O.CC[C@H]1C(=O)OCc2c1cc1n(c2=O)Cc2c-1nc1cc(F)c(C)c3c1c2[C@@H](NC(=O)OCc1ccc(NC(=O)CNC=O)cc1CN(C)C(=O)OCC1c2ccccc2-c2ccccc21)CC3.CN. The Balaban J connectivity index is 0.000000463. The van der Waals surface area contributed by atoms with Crippen molar-refractivity contribution in [2.45, 2.75) is 144 Å². The second kappa shape index (κ2) is 30.2. The Morgan fingerprint density at radius 1 is 0.854 bits per heavy atom. The molecule has 2 aliphatic heterocycles. The maximum atomic E-state index is 15.5. The second-order valence-electron chi connectivity index (χ2n) is 23.4. The van der Waals surface area contributed by atoms with Gasteiger partial charge in [-0.05, 0) is 147 Å². The molecule has 0 saturated heterocycles. The Labute approximate surface area is 518 Å². The topological polar surface area (TPSA) is 281 Å².